The number of halogens is 6. The lowest BCUT2D eigenvalue weighted by molar-refractivity contribution is -0.275. The van der Waals surface area contributed by atoms with Gasteiger partial charge in [0.25, 0.3) is 0 Å². The minimum atomic E-state index is -4.86. The minimum absolute atomic E-state index is 0.00150. The van der Waals surface area contributed by atoms with Crippen molar-refractivity contribution in [2.75, 3.05) is 14.1 Å². The second-order valence-corrected chi connectivity index (χ2v) is 6.28. The average molecular weight is 404 g/mol. The van der Waals surface area contributed by atoms with E-state index in [1.165, 1.54) is 30.5 Å². The summed E-state index contributed by atoms with van der Waals surface area (Å²) in [6, 6.07) is 6.80. The highest BCUT2D eigenvalue weighted by Crippen LogP contribution is 2.33. The van der Waals surface area contributed by atoms with Gasteiger partial charge >= 0.3 is 12.5 Å². The van der Waals surface area contributed by atoms with Gasteiger partial charge in [-0.2, -0.15) is 13.2 Å². The van der Waals surface area contributed by atoms with Crippen LogP contribution >= 0.6 is 0 Å². The van der Waals surface area contributed by atoms with Crippen molar-refractivity contribution in [2.24, 2.45) is 0 Å². The molecule has 0 radical (unpaired) electrons. The van der Waals surface area contributed by atoms with Crippen molar-refractivity contribution in [3.8, 4) is 16.9 Å². The van der Waals surface area contributed by atoms with E-state index < -0.39 is 18.4 Å². The molecule has 28 heavy (non-hydrogen) atoms. The predicted octanol–water partition coefficient (Wildman–Crippen LogP) is 4.38. The van der Waals surface area contributed by atoms with Crippen molar-refractivity contribution < 1.29 is 31.1 Å². The van der Waals surface area contributed by atoms with Crippen LogP contribution < -0.4 is 4.74 Å². The van der Waals surface area contributed by atoms with Gasteiger partial charge in [0, 0.05) is 18.3 Å². The molecule has 2 heterocycles. The Kier molecular flexibility index (Phi) is 4.96. The van der Waals surface area contributed by atoms with Gasteiger partial charge in [0.15, 0.2) is 5.65 Å². The summed E-state index contributed by atoms with van der Waals surface area (Å²) in [4.78, 5) is 1.65. The number of hydrogen-bond donors (Lipinski definition) is 0. The van der Waals surface area contributed by atoms with Crippen LogP contribution in [0.5, 0.6) is 5.75 Å². The van der Waals surface area contributed by atoms with Crippen LogP contribution in [-0.2, 0) is 12.7 Å². The largest absolute Gasteiger partial charge is 0.573 e. The maximum absolute atomic E-state index is 13.1. The molecular formula is C17H14F6N4O. The summed E-state index contributed by atoms with van der Waals surface area (Å²) in [5, 5.41) is 6.62. The Hall–Kier alpha value is -2.82. The van der Waals surface area contributed by atoms with Crippen molar-refractivity contribution >= 4 is 5.65 Å². The lowest BCUT2D eigenvalue weighted by Crippen LogP contribution is -2.19. The Labute approximate surface area is 155 Å². The van der Waals surface area contributed by atoms with Crippen molar-refractivity contribution in [2.45, 2.75) is 19.1 Å². The molecule has 0 amide bonds. The Morgan fingerprint density at radius 1 is 0.964 bits per heavy atom. The monoisotopic (exact) mass is 404 g/mol. The molecule has 0 saturated carbocycles. The molecule has 0 N–H and O–H groups in total. The molecule has 3 aromatic rings. The summed E-state index contributed by atoms with van der Waals surface area (Å²) in [5.41, 5.74) is 1.02. The van der Waals surface area contributed by atoms with Crippen LogP contribution in [0.2, 0.25) is 0 Å². The van der Waals surface area contributed by atoms with Crippen LogP contribution in [0, 0.1) is 0 Å². The van der Waals surface area contributed by atoms with Gasteiger partial charge in [-0.25, -0.2) is 0 Å². The van der Waals surface area contributed by atoms with Crippen LogP contribution in [0.3, 0.4) is 0 Å². The zero-order chi connectivity index (χ0) is 20.7. The highest BCUT2D eigenvalue weighted by atomic mass is 19.4. The molecule has 2 aromatic heterocycles. The lowest BCUT2D eigenvalue weighted by Gasteiger charge is -2.17. The first-order valence-corrected chi connectivity index (χ1v) is 7.90. The topological polar surface area (TPSA) is 42.7 Å². The summed E-state index contributed by atoms with van der Waals surface area (Å²) < 4.78 is 81.8. The van der Waals surface area contributed by atoms with Crippen LogP contribution in [0.4, 0.5) is 26.3 Å². The van der Waals surface area contributed by atoms with Crippen LogP contribution in [0.25, 0.3) is 16.8 Å². The zero-order valence-corrected chi connectivity index (χ0v) is 14.6. The van der Waals surface area contributed by atoms with Gasteiger partial charge in [-0.3, -0.25) is 4.40 Å². The maximum atomic E-state index is 13.1. The van der Waals surface area contributed by atoms with Gasteiger partial charge in [-0.15, -0.1) is 23.4 Å². The van der Waals surface area contributed by atoms with Gasteiger partial charge in [0.1, 0.15) is 5.75 Å². The number of benzene rings is 1. The fraction of sp³-hybridized carbons (Fsp3) is 0.294. The molecule has 0 saturated heterocycles. The molecule has 150 valence electrons. The highest BCUT2D eigenvalue weighted by molar-refractivity contribution is 5.67. The van der Waals surface area contributed by atoms with Crippen molar-refractivity contribution in [1.29, 1.82) is 0 Å². The van der Waals surface area contributed by atoms with Crippen molar-refractivity contribution in [3.05, 3.63) is 47.9 Å². The first kappa shape index (κ1) is 19.9. The molecule has 11 heteroatoms. The molecule has 3 rings (SSSR count). The summed E-state index contributed by atoms with van der Waals surface area (Å²) in [7, 11) is 3.34. The predicted molar refractivity (Wildman–Crippen MR) is 87.5 cm³/mol. The Morgan fingerprint density at radius 2 is 1.64 bits per heavy atom. The van der Waals surface area contributed by atoms with E-state index in [2.05, 4.69) is 14.9 Å². The second kappa shape index (κ2) is 6.97. The Morgan fingerprint density at radius 3 is 2.25 bits per heavy atom. The number of rotatable bonds is 4. The summed E-state index contributed by atoms with van der Waals surface area (Å²) >= 11 is 0. The zero-order valence-electron chi connectivity index (χ0n) is 14.6. The number of aromatic nitrogens is 3. The molecule has 0 spiro atoms. The van der Waals surface area contributed by atoms with Crippen molar-refractivity contribution in [1.82, 2.24) is 19.5 Å². The van der Waals surface area contributed by atoms with Crippen LogP contribution in [0.15, 0.2) is 36.5 Å². The lowest BCUT2D eigenvalue weighted by atomic mass is 10.0. The first-order valence-electron chi connectivity index (χ1n) is 7.90. The van der Waals surface area contributed by atoms with E-state index >= 15 is 0 Å². The fourth-order valence-corrected chi connectivity index (χ4v) is 2.70. The highest BCUT2D eigenvalue weighted by Gasteiger charge is 2.37. The third kappa shape index (κ3) is 4.35. The van der Waals surface area contributed by atoms with E-state index in [-0.39, 0.29) is 23.5 Å². The molecule has 0 unspecified atom stereocenters. The van der Waals surface area contributed by atoms with E-state index in [0.717, 1.165) is 10.5 Å². The minimum Gasteiger partial charge on any atom is -0.405 e. The van der Waals surface area contributed by atoms with Gasteiger partial charge < -0.3 is 9.64 Å². The van der Waals surface area contributed by atoms with E-state index in [0.29, 0.717) is 11.1 Å². The molecule has 1 aromatic carbocycles. The molecule has 0 aliphatic rings. The molecule has 0 fully saturated rings. The quantitative estimate of drug-likeness (QED) is 0.606. The SMILES string of the molecule is CN(C)Cc1cc(-c2ccc3nnc(C(F)(F)F)n3c2)ccc1OC(F)(F)F. The molecular weight excluding hydrogens is 390 g/mol. The third-order valence-corrected chi connectivity index (χ3v) is 3.76. The number of ether oxygens (including phenoxy) is 1. The average Bonchev–Trinajstić information content (AvgIpc) is 2.98. The van der Waals surface area contributed by atoms with Gasteiger partial charge in [-0.05, 0) is 49.5 Å². The number of fused-ring (bicyclic) bond motifs is 1. The smallest absolute Gasteiger partial charge is 0.405 e. The van der Waals surface area contributed by atoms with E-state index in [4.69, 9.17) is 0 Å². The first-order chi connectivity index (χ1) is 12.9. The van der Waals surface area contributed by atoms with Gasteiger partial charge in [0.2, 0.25) is 5.82 Å². The van der Waals surface area contributed by atoms with Gasteiger partial charge in [0.05, 0.1) is 0 Å². The number of hydrogen-bond acceptors (Lipinski definition) is 4. The third-order valence-electron chi connectivity index (χ3n) is 3.76. The van der Waals surface area contributed by atoms with E-state index in [9.17, 15) is 26.3 Å². The Balaban J connectivity index is 2.07. The van der Waals surface area contributed by atoms with Gasteiger partial charge in [-0.1, -0.05) is 6.07 Å². The summed E-state index contributed by atoms with van der Waals surface area (Å²) in [5.74, 6) is -1.55. The van der Waals surface area contributed by atoms with Crippen molar-refractivity contribution in [3.63, 3.8) is 0 Å². The fourth-order valence-electron chi connectivity index (χ4n) is 2.70. The standard InChI is InChI=1S/C17H14F6N4O/c1-26(2)8-12-7-10(3-5-13(12)28-17(21,22)23)11-4-6-14-24-25-15(16(18,19)20)27(14)9-11/h3-7,9H,8H2,1-2H3. The maximum Gasteiger partial charge on any atom is 0.573 e. The summed E-state index contributed by atoms with van der Waals surface area (Å²) in [6.45, 7) is 0.141. The summed E-state index contributed by atoms with van der Waals surface area (Å²) in [6.07, 6.45) is -8.36. The molecule has 0 aliphatic heterocycles. The van der Waals surface area contributed by atoms with E-state index in [1.807, 2.05) is 0 Å². The number of alkyl halides is 6. The number of pyridine rings is 1. The van der Waals surface area contributed by atoms with E-state index in [1.54, 1.807) is 19.0 Å². The number of nitrogens with zero attached hydrogens (tertiary/aromatic N) is 4. The Bertz CT molecular complexity index is 993. The molecule has 0 atom stereocenters. The molecule has 0 bridgehead atoms. The second-order valence-electron chi connectivity index (χ2n) is 6.28. The molecule has 0 aliphatic carbocycles. The van der Waals surface area contributed by atoms with Crippen LogP contribution in [-0.4, -0.2) is 40.0 Å². The van der Waals surface area contributed by atoms with Crippen LogP contribution in [0.1, 0.15) is 11.4 Å². The molecule has 5 nitrogen and oxygen atoms in total. The normalized spacial score (nSPS) is 12.8.